The molecule has 0 aliphatic carbocycles. The number of carbonyl (C=O) groups is 1. The van der Waals surface area contributed by atoms with Crippen molar-refractivity contribution >= 4 is 15.9 Å². The fraction of sp³-hybridized carbons (Fsp3) is 0.308. The van der Waals surface area contributed by atoms with Crippen molar-refractivity contribution in [2.24, 2.45) is 0 Å². The number of benzene rings is 1. The van der Waals surface area contributed by atoms with Crippen LogP contribution in [0.1, 0.15) is 12.0 Å². The van der Waals surface area contributed by atoms with Crippen molar-refractivity contribution in [1.82, 2.24) is 9.79 Å². The molecular weight excluding hydrogens is 280 g/mol. The Morgan fingerprint density at radius 3 is 2.55 bits per heavy atom. The Morgan fingerprint density at radius 1 is 1.40 bits per heavy atom. The third-order valence-electron chi connectivity index (χ3n) is 3.25. The third-order valence-corrected chi connectivity index (χ3v) is 5.12. The second-order valence-corrected chi connectivity index (χ2v) is 6.70. The monoisotopic (exact) mass is 296 g/mol. The van der Waals surface area contributed by atoms with Crippen molar-refractivity contribution in [3.8, 4) is 0 Å². The first-order valence-electron chi connectivity index (χ1n) is 6.05. The molecule has 1 aromatic rings. The summed E-state index contributed by atoms with van der Waals surface area (Å²) in [6.45, 7) is 5.66. The van der Waals surface area contributed by atoms with Crippen LogP contribution in [-0.2, 0) is 14.8 Å². The van der Waals surface area contributed by atoms with Crippen LogP contribution >= 0.6 is 0 Å². The van der Waals surface area contributed by atoms with Gasteiger partial charge in [-0.2, -0.15) is 4.31 Å². The molecule has 0 radical (unpaired) electrons. The minimum atomic E-state index is -3.79. The maximum atomic E-state index is 12.5. The average Bonchev–Trinajstić information content (AvgIpc) is 2.81. The predicted octanol–water partition coefficient (Wildman–Crippen LogP) is 0.820. The molecule has 1 saturated heterocycles. The lowest BCUT2D eigenvalue weighted by Crippen LogP contribution is -2.44. The molecule has 0 saturated carbocycles. The number of hydrogen-bond acceptors (Lipinski definition) is 4. The molecule has 1 amide bonds. The van der Waals surface area contributed by atoms with Gasteiger partial charge in [0, 0.05) is 6.54 Å². The average molecular weight is 296 g/mol. The Bertz CT molecular complexity index is 637. The van der Waals surface area contributed by atoms with E-state index < -0.39 is 22.0 Å². The molecule has 0 unspecified atom stereocenters. The standard InChI is InChI=1S/C13H16N2O4S/c1-9-3-5-11(6-4-9)20(18,19)15-8-10(2)7-12(15)13(16)14-17/h3-6,12,17H,2,7-8H2,1H3,(H,14,16)/t12-/m1/s1. The summed E-state index contributed by atoms with van der Waals surface area (Å²) in [6, 6.07) is 5.43. The molecule has 1 aromatic carbocycles. The zero-order valence-electron chi connectivity index (χ0n) is 11.0. The largest absolute Gasteiger partial charge is 0.289 e. The van der Waals surface area contributed by atoms with Crippen LogP contribution in [0, 0.1) is 6.92 Å². The van der Waals surface area contributed by atoms with Crippen LogP contribution in [0.5, 0.6) is 0 Å². The Balaban J connectivity index is 2.39. The molecule has 2 N–H and O–H groups in total. The highest BCUT2D eigenvalue weighted by Gasteiger charge is 2.40. The molecule has 20 heavy (non-hydrogen) atoms. The molecule has 7 heteroatoms. The number of sulfonamides is 1. The molecule has 0 bridgehead atoms. The highest BCUT2D eigenvalue weighted by atomic mass is 32.2. The van der Waals surface area contributed by atoms with Gasteiger partial charge in [0.05, 0.1) is 4.90 Å². The summed E-state index contributed by atoms with van der Waals surface area (Å²) in [6.07, 6.45) is 0.206. The van der Waals surface area contributed by atoms with E-state index in [0.29, 0.717) is 5.57 Å². The summed E-state index contributed by atoms with van der Waals surface area (Å²) in [4.78, 5) is 11.7. The van der Waals surface area contributed by atoms with Crippen molar-refractivity contribution in [3.05, 3.63) is 42.0 Å². The fourth-order valence-corrected chi connectivity index (χ4v) is 3.78. The summed E-state index contributed by atoms with van der Waals surface area (Å²) < 4.78 is 26.2. The zero-order chi connectivity index (χ0) is 14.9. The van der Waals surface area contributed by atoms with E-state index in [0.717, 1.165) is 9.87 Å². The van der Waals surface area contributed by atoms with E-state index in [1.54, 1.807) is 12.1 Å². The maximum absolute atomic E-state index is 12.5. The van der Waals surface area contributed by atoms with Gasteiger partial charge in [-0.05, 0) is 25.5 Å². The van der Waals surface area contributed by atoms with E-state index >= 15 is 0 Å². The lowest BCUT2D eigenvalue weighted by Gasteiger charge is -2.22. The van der Waals surface area contributed by atoms with E-state index in [9.17, 15) is 13.2 Å². The number of amides is 1. The summed E-state index contributed by atoms with van der Waals surface area (Å²) in [5, 5.41) is 8.72. The molecule has 1 aliphatic heterocycles. The first-order valence-corrected chi connectivity index (χ1v) is 7.49. The van der Waals surface area contributed by atoms with Gasteiger partial charge >= 0.3 is 0 Å². The topological polar surface area (TPSA) is 86.7 Å². The number of hydrogen-bond donors (Lipinski definition) is 2. The maximum Gasteiger partial charge on any atom is 0.262 e. The van der Waals surface area contributed by atoms with Crippen molar-refractivity contribution in [1.29, 1.82) is 0 Å². The minimum absolute atomic E-state index is 0.0777. The van der Waals surface area contributed by atoms with Gasteiger partial charge in [0.2, 0.25) is 10.0 Å². The quantitative estimate of drug-likeness (QED) is 0.491. The van der Waals surface area contributed by atoms with Gasteiger partial charge in [-0.1, -0.05) is 29.8 Å². The van der Waals surface area contributed by atoms with Crippen molar-refractivity contribution in [2.45, 2.75) is 24.3 Å². The van der Waals surface area contributed by atoms with Gasteiger partial charge in [-0.15, -0.1) is 0 Å². The second kappa shape index (κ2) is 5.35. The molecule has 6 nitrogen and oxygen atoms in total. The number of rotatable bonds is 3. The van der Waals surface area contributed by atoms with Gasteiger partial charge < -0.3 is 0 Å². The molecule has 1 fully saturated rings. The lowest BCUT2D eigenvalue weighted by molar-refractivity contribution is -0.132. The lowest BCUT2D eigenvalue weighted by atomic mass is 10.2. The first-order chi connectivity index (χ1) is 9.36. The molecule has 2 rings (SSSR count). The second-order valence-electron chi connectivity index (χ2n) is 4.81. The smallest absolute Gasteiger partial charge is 0.262 e. The Hall–Kier alpha value is -1.70. The van der Waals surface area contributed by atoms with Gasteiger partial charge in [-0.25, -0.2) is 13.9 Å². The van der Waals surface area contributed by atoms with E-state index in [1.165, 1.54) is 17.6 Å². The Kier molecular flexibility index (Phi) is 3.94. The van der Waals surface area contributed by atoms with Crippen molar-refractivity contribution < 1.29 is 18.4 Å². The van der Waals surface area contributed by atoms with Gasteiger partial charge in [-0.3, -0.25) is 10.0 Å². The van der Waals surface area contributed by atoms with Gasteiger partial charge in [0.1, 0.15) is 6.04 Å². The highest BCUT2D eigenvalue weighted by Crippen LogP contribution is 2.28. The number of carbonyl (C=O) groups excluding carboxylic acids is 1. The number of hydroxylamine groups is 1. The fourth-order valence-electron chi connectivity index (χ4n) is 2.17. The van der Waals surface area contributed by atoms with Crippen LogP contribution in [-0.4, -0.2) is 36.4 Å². The van der Waals surface area contributed by atoms with Crippen LogP contribution in [0.4, 0.5) is 0 Å². The number of nitrogens with zero attached hydrogens (tertiary/aromatic N) is 1. The highest BCUT2D eigenvalue weighted by molar-refractivity contribution is 7.89. The third kappa shape index (κ3) is 2.60. The van der Waals surface area contributed by atoms with Crippen LogP contribution < -0.4 is 5.48 Å². The number of nitrogens with one attached hydrogen (secondary N) is 1. The molecule has 1 atom stereocenters. The summed E-state index contributed by atoms with van der Waals surface area (Å²) >= 11 is 0. The van der Waals surface area contributed by atoms with E-state index in [1.807, 2.05) is 6.92 Å². The summed E-state index contributed by atoms with van der Waals surface area (Å²) in [7, 11) is -3.79. The minimum Gasteiger partial charge on any atom is -0.289 e. The van der Waals surface area contributed by atoms with E-state index in [4.69, 9.17) is 5.21 Å². The van der Waals surface area contributed by atoms with Crippen LogP contribution in [0.15, 0.2) is 41.3 Å². The van der Waals surface area contributed by atoms with Crippen molar-refractivity contribution in [2.75, 3.05) is 6.54 Å². The van der Waals surface area contributed by atoms with Crippen LogP contribution in [0.2, 0.25) is 0 Å². The summed E-state index contributed by atoms with van der Waals surface area (Å²) in [5.41, 5.74) is 3.08. The van der Waals surface area contributed by atoms with E-state index in [2.05, 4.69) is 6.58 Å². The molecule has 1 heterocycles. The Morgan fingerprint density at radius 2 is 2.00 bits per heavy atom. The van der Waals surface area contributed by atoms with Gasteiger partial charge in [0.25, 0.3) is 5.91 Å². The van der Waals surface area contributed by atoms with Gasteiger partial charge in [0.15, 0.2) is 0 Å². The van der Waals surface area contributed by atoms with Crippen molar-refractivity contribution in [3.63, 3.8) is 0 Å². The molecular formula is C13H16N2O4S. The predicted molar refractivity (Wildman–Crippen MR) is 72.5 cm³/mol. The number of aryl methyl sites for hydroxylation is 1. The normalized spacial score (nSPS) is 20.1. The first kappa shape index (κ1) is 14.7. The Labute approximate surface area is 117 Å². The molecule has 1 aliphatic rings. The van der Waals surface area contributed by atoms with Crippen LogP contribution in [0.25, 0.3) is 0 Å². The SMILES string of the molecule is C=C1C[C@H](C(=O)NO)N(S(=O)(=O)c2ccc(C)cc2)C1. The van der Waals surface area contributed by atoms with Crippen LogP contribution in [0.3, 0.4) is 0 Å². The zero-order valence-corrected chi connectivity index (χ0v) is 11.9. The molecule has 0 spiro atoms. The molecule has 108 valence electrons. The molecule has 0 aromatic heterocycles. The summed E-state index contributed by atoms with van der Waals surface area (Å²) in [5.74, 6) is -0.751. The van der Waals surface area contributed by atoms with E-state index in [-0.39, 0.29) is 17.9 Å².